The molecule has 0 spiro atoms. The van der Waals surface area contributed by atoms with E-state index in [1.807, 2.05) is 6.07 Å². The lowest BCUT2D eigenvalue weighted by molar-refractivity contribution is 0.159. The highest BCUT2D eigenvalue weighted by atomic mass is 16.5. The molecule has 0 atom stereocenters. The Kier molecular flexibility index (Phi) is 6.54. The van der Waals surface area contributed by atoms with E-state index in [0.717, 1.165) is 26.1 Å². The van der Waals surface area contributed by atoms with Gasteiger partial charge in [0.05, 0.1) is 6.61 Å². The Hall–Kier alpha value is -1.12. The van der Waals surface area contributed by atoms with Crippen molar-refractivity contribution < 1.29 is 4.74 Å². The SMILES string of the molecule is C=CCOCCCNCc1ccccc1. The number of nitrogens with one attached hydrogen (secondary N) is 1. The molecule has 0 aromatic heterocycles. The van der Waals surface area contributed by atoms with Crippen molar-refractivity contribution in [1.29, 1.82) is 0 Å². The van der Waals surface area contributed by atoms with Gasteiger partial charge in [0.2, 0.25) is 0 Å². The van der Waals surface area contributed by atoms with Gasteiger partial charge in [0, 0.05) is 13.2 Å². The fraction of sp³-hybridized carbons (Fsp3) is 0.385. The first-order chi connectivity index (χ1) is 7.43. The summed E-state index contributed by atoms with van der Waals surface area (Å²) in [6.45, 7) is 6.97. The van der Waals surface area contributed by atoms with Gasteiger partial charge in [-0.05, 0) is 18.5 Å². The van der Waals surface area contributed by atoms with E-state index in [0.29, 0.717) is 6.61 Å². The second-order valence-electron chi connectivity index (χ2n) is 3.38. The van der Waals surface area contributed by atoms with Gasteiger partial charge in [-0.2, -0.15) is 0 Å². The second kappa shape index (κ2) is 8.21. The normalized spacial score (nSPS) is 10.1. The number of hydrogen-bond donors (Lipinski definition) is 1. The van der Waals surface area contributed by atoms with Crippen LogP contribution in [0.3, 0.4) is 0 Å². The molecule has 1 rings (SSSR count). The average Bonchev–Trinajstić information content (AvgIpc) is 2.29. The summed E-state index contributed by atoms with van der Waals surface area (Å²) >= 11 is 0. The molecule has 82 valence electrons. The minimum absolute atomic E-state index is 0.651. The maximum atomic E-state index is 5.28. The van der Waals surface area contributed by atoms with Crippen LogP contribution in [0.4, 0.5) is 0 Å². The summed E-state index contributed by atoms with van der Waals surface area (Å²) < 4.78 is 5.28. The van der Waals surface area contributed by atoms with Crippen LogP contribution in [-0.4, -0.2) is 19.8 Å². The molecule has 0 saturated heterocycles. The smallest absolute Gasteiger partial charge is 0.0644 e. The summed E-state index contributed by atoms with van der Waals surface area (Å²) in [5.74, 6) is 0. The molecule has 1 aromatic rings. The van der Waals surface area contributed by atoms with Crippen LogP contribution in [0.25, 0.3) is 0 Å². The second-order valence-corrected chi connectivity index (χ2v) is 3.38. The van der Waals surface area contributed by atoms with Gasteiger partial charge in [0.1, 0.15) is 0 Å². The number of benzene rings is 1. The third-order valence-corrected chi connectivity index (χ3v) is 2.05. The first-order valence-electron chi connectivity index (χ1n) is 5.37. The molecule has 0 aliphatic carbocycles. The van der Waals surface area contributed by atoms with Gasteiger partial charge in [-0.25, -0.2) is 0 Å². The molecule has 0 fully saturated rings. The van der Waals surface area contributed by atoms with Crippen molar-refractivity contribution in [1.82, 2.24) is 5.32 Å². The van der Waals surface area contributed by atoms with Crippen LogP contribution in [0.15, 0.2) is 43.0 Å². The van der Waals surface area contributed by atoms with Crippen LogP contribution in [0, 0.1) is 0 Å². The number of rotatable bonds is 8. The zero-order chi connectivity index (χ0) is 10.8. The van der Waals surface area contributed by atoms with Gasteiger partial charge >= 0.3 is 0 Å². The average molecular weight is 205 g/mol. The maximum absolute atomic E-state index is 5.28. The molecule has 0 radical (unpaired) electrons. The minimum Gasteiger partial charge on any atom is -0.377 e. The molecule has 0 bridgehead atoms. The first kappa shape index (κ1) is 12.0. The Balaban J connectivity index is 1.95. The van der Waals surface area contributed by atoms with Gasteiger partial charge in [-0.1, -0.05) is 36.4 Å². The lowest BCUT2D eigenvalue weighted by Gasteiger charge is -2.04. The molecule has 1 N–H and O–H groups in total. The van der Waals surface area contributed by atoms with Crippen molar-refractivity contribution in [3.63, 3.8) is 0 Å². The van der Waals surface area contributed by atoms with Crippen LogP contribution in [0.5, 0.6) is 0 Å². The predicted octanol–water partition coefficient (Wildman–Crippen LogP) is 2.37. The highest BCUT2D eigenvalue weighted by Crippen LogP contribution is 1.96. The van der Waals surface area contributed by atoms with Crippen LogP contribution < -0.4 is 5.32 Å². The fourth-order valence-electron chi connectivity index (χ4n) is 1.29. The van der Waals surface area contributed by atoms with Gasteiger partial charge in [0.25, 0.3) is 0 Å². The largest absolute Gasteiger partial charge is 0.377 e. The van der Waals surface area contributed by atoms with Crippen molar-refractivity contribution >= 4 is 0 Å². The summed E-state index contributed by atoms with van der Waals surface area (Å²) in [6.07, 6.45) is 2.82. The van der Waals surface area contributed by atoms with Crippen LogP contribution in [0.1, 0.15) is 12.0 Å². The van der Waals surface area contributed by atoms with Crippen molar-refractivity contribution in [3.05, 3.63) is 48.6 Å². The van der Waals surface area contributed by atoms with E-state index in [2.05, 4.69) is 36.2 Å². The molecule has 0 aliphatic heterocycles. The monoisotopic (exact) mass is 205 g/mol. The Morgan fingerprint density at radius 2 is 2.07 bits per heavy atom. The summed E-state index contributed by atoms with van der Waals surface area (Å²) in [5.41, 5.74) is 1.32. The molecule has 1 aromatic carbocycles. The molecule has 0 amide bonds. The lowest BCUT2D eigenvalue weighted by atomic mass is 10.2. The quantitative estimate of drug-likeness (QED) is 0.519. The fourth-order valence-corrected chi connectivity index (χ4v) is 1.29. The minimum atomic E-state index is 0.651. The Bertz CT molecular complexity index is 258. The molecule has 0 heterocycles. The van der Waals surface area contributed by atoms with Crippen molar-refractivity contribution in [3.8, 4) is 0 Å². The molecule has 0 aliphatic rings. The summed E-state index contributed by atoms with van der Waals surface area (Å²) in [7, 11) is 0. The van der Waals surface area contributed by atoms with Crippen molar-refractivity contribution in [2.45, 2.75) is 13.0 Å². The van der Waals surface area contributed by atoms with E-state index in [-0.39, 0.29) is 0 Å². The van der Waals surface area contributed by atoms with Crippen molar-refractivity contribution in [2.75, 3.05) is 19.8 Å². The zero-order valence-corrected chi connectivity index (χ0v) is 9.11. The maximum Gasteiger partial charge on any atom is 0.0644 e. The number of ether oxygens (including phenoxy) is 1. The Morgan fingerprint density at radius 1 is 1.27 bits per heavy atom. The van der Waals surface area contributed by atoms with E-state index in [4.69, 9.17) is 4.74 Å². The van der Waals surface area contributed by atoms with E-state index in [9.17, 15) is 0 Å². The summed E-state index contributed by atoms with van der Waals surface area (Å²) in [6, 6.07) is 10.4. The van der Waals surface area contributed by atoms with Crippen molar-refractivity contribution in [2.24, 2.45) is 0 Å². The Morgan fingerprint density at radius 3 is 2.80 bits per heavy atom. The van der Waals surface area contributed by atoms with Gasteiger partial charge in [0.15, 0.2) is 0 Å². The highest BCUT2D eigenvalue weighted by molar-refractivity contribution is 5.14. The lowest BCUT2D eigenvalue weighted by Crippen LogP contribution is -2.16. The molecule has 2 heteroatoms. The topological polar surface area (TPSA) is 21.3 Å². The van der Waals surface area contributed by atoms with Gasteiger partial charge < -0.3 is 10.1 Å². The number of hydrogen-bond acceptors (Lipinski definition) is 2. The van der Waals surface area contributed by atoms with Crippen LogP contribution >= 0.6 is 0 Å². The van der Waals surface area contributed by atoms with Gasteiger partial charge in [-0.3, -0.25) is 0 Å². The third kappa shape index (κ3) is 6.05. The molecule has 15 heavy (non-hydrogen) atoms. The van der Waals surface area contributed by atoms with Crippen LogP contribution in [-0.2, 0) is 11.3 Å². The molecule has 2 nitrogen and oxygen atoms in total. The molecular weight excluding hydrogens is 186 g/mol. The van der Waals surface area contributed by atoms with E-state index >= 15 is 0 Å². The van der Waals surface area contributed by atoms with E-state index < -0.39 is 0 Å². The van der Waals surface area contributed by atoms with E-state index in [1.165, 1.54) is 5.56 Å². The third-order valence-electron chi connectivity index (χ3n) is 2.05. The molecule has 0 saturated carbocycles. The first-order valence-corrected chi connectivity index (χ1v) is 5.37. The standard InChI is InChI=1S/C13H19NO/c1-2-10-15-11-6-9-14-12-13-7-4-3-5-8-13/h2-5,7-8,14H,1,6,9-12H2. The Labute approximate surface area is 92.0 Å². The molecular formula is C13H19NO. The highest BCUT2D eigenvalue weighted by Gasteiger charge is 1.90. The summed E-state index contributed by atoms with van der Waals surface area (Å²) in [5, 5.41) is 3.37. The van der Waals surface area contributed by atoms with E-state index in [1.54, 1.807) is 6.08 Å². The van der Waals surface area contributed by atoms with Gasteiger partial charge in [-0.15, -0.1) is 6.58 Å². The predicted molar refractivity (Wildman–Crippen MR) is 63.8 cm³/mol. The zero-order valence-electron chi connectivity index (χ0n) is 9.11. The molecule has 0 unspecified atom stereocenters. The summed E-state index contributed by atoms with van der Waals surface area (Å²) in [4.78, 5) is 0. The van der Waals surface area contributed by atoms with Crippen LogP contribution in [0.2, 0.25) is 0 Å².